The minimum atomic E-state index is -0.427. The number of fused-ring (bicyclic) bond motifs is 1. The van der Waals surface area contributed by atoms with E-state index in [0.29, 0.717) is 17.0 Å². The second-order valence-electron chi connectivity index (χ2n) is 3.61. The molecule has 0 radical (unpaired) electrons. The Morgan fingerprint density at radius 3 is 2.94 bits per heavy atom. The summed E-state index contributed by atoms with van der Waals surface area (Å²) >= 11 is 0. The van der Waals surface area contributed by atoms with E-state index in [1.54, 1.807) is 28.9 Å². The van der Waals surface area contributed by atoms with Crippen molar-refractivity contribution in [2.75, 3.05) is 0 Å². The van der Waals surface area contributed by atoms with Crippen molar-refractivity contribution in [1.82, 2.24) is 19.6 Å². The third-order valence-corrected chi connectivity index (χ3v) is 2.53. The van der Waals surface area contributed by atoms with Gasteiger partial charge < -0.3 is 0 Å². The van der Waals surface area contributed by atoms with E-state index >= 15 is 0 Å². The molecule has 7 nitrogen and oxygen atoms in total. The molecule has 0 aliphatic carbocycles. The van der Waals surface area contributed by atoms with Crippen LogP contribution in [0.2, 0.25) is 0 Å². The van der Waals surface area contributed by atoms with E-state index in [1.165, 1.54) is 18.5 Å². The highest BCUT2D eigenvalue weighted by Crippen LogP contribution is 2.23. The van der Waals surface area contributed by atoms with Crippen LogP contribution in [0, 0.1) is 10.1 Å². The lowest BCUT2D eigenvalue weighted by molar-refractivity contribution is -0.384. The molecule has 0 fully saturated rings. The number of hydrogen-bond acceptors (Lipinski definition) is 5. The van der Waals surface area contributed by atoms with Gasteiger partial charge in [-0.05, 0) is 6.07 Å². The molecule has 0 unspecified atom stereocenters. The zero-order valence-corrected chi connectivity index (χ0v) is 9.09. The number of nitro benzene ring substituents is 1. The maximum absolute atomic E-state index is 10.8. The Bertz CT molecular complexity index is 737. The molecule has 2 aromatic heterocycles. The van der Waals surface area contributed by atoms with Gasteiger partial charge in [0.2, 0.25) is 0 Å². The Labute approximate surface area is 101 Å². The van der Waals surface area contributed by atoms with Crippen molar-refractivity contribution >= 4 is 11.5 Å². The summed E-state index contributed by atoms with van der Waals surface area (Å²) in [6.45, 7) is 0. The van der Waals surface area contributed by atoms with Gasteiger partial charge in [0.1, 0.15) is 6.33 Å². The van der Waals surface area contributed by atoms with E-state index in [4.69, 9.17) is 0 Å². The van der Waals surface area contributed by atoms with Gasteiger partial charge in [-0.1, -0.05) is 12.1 Å². The van der Waals surface area contributed by atoms with Gasteiger partial charge in [0.25, 0.3) is 11.5 Å². The third-order valence-electron chi connectivity index (χ3n) is 2.53. The number of hydrogen-bond donors (Lipinski definition) is 0. The molecule has 2 heterocycles. The molecule has 3 aromatic rings. The molecule has 18 heavy (non-hydrogen) atoms. The van der Waals surface area contributed by atoms with Gasteiger partial charge in [0.15, 0.2) is 0 Å². The van der Waals surface area contributed by atoms with E-state index in [-0.39, 0.29) is 5.69 Å². The fourth-order valence-corrected chi connectivity index (χ4v) is 1.74. The van der Waals surface area contributed by atoms with Gasteiger partial charge in [0, 0.05) is 23.9 Å². The number of benzene rings is 1. The molecule has 0 spiro atoms. The van der Waals surface area contributed by atoms with Crippen molar-refractivity contribution in [2.45, 2.75) is 0 Å². The van der Waals surface area contributed by atoms with Gasteiger partial charge in [-0.2, -0.15) is 14.6 Å². The highest BCUT2D eigenvalue weighted by molar-refractivity contribution is 5.64. The maximum atomic E-state index is 10.8. The highest BCUT2D eigenvalue weighted by atomic mass is 16.6. The predicted octanol–water partition coefficient (Wildman–Crippen LogP) is 1.70. The average molecular weight is 241 g/mol. The fourth-order valence-electron chi connectivity index (χ4n) is 1.74. The Morgan fingerprint density at radius 1 is 1.22 bits per heavy atom. The molecular formula is C11H7N5O2. The van der Waals surface area contributed by atoms with E-state index < -0.39 is 4.92 Å². The van der Waals surface area contributed by atoms with E-state index in [2.05, 4.69) is 15.1 Å². The van der Waals surface area contributed by atoms with Crippen molar-refractivity contribution < 1.29 is 4.92 Å². The van der Waals surface area contributed by atoms with E-state index in [1.807, 2.05) is 0 Å². The molecule has 0 amide bonds. The van der Waals surface area contributed by atoms with Crippen LogP contribution >= 0.6 is 0 Å². The molecule has 0 bridgehead atoms. The monoisotopic (exact) mass is 241 g/mol. The second kappa shape index (κ2) is 3.88. The lowest BCUT2D eigenvalue weighted by atomic mass is 10.1. The Balaban J connectivity index is 2.23. The predicted molar refractivity (Wildman–Crippen MR) is 62.9 cm³/mol. The first-order chi connectivity index (χ1) is 8.75. The van der Waals surface area contributed by atoms with Crippen LogP contribution in [0.4, 0.5) is 5.69 Å². The van der Waals surface area contributed by atoms with Crippen molar-refractivity contribution in [3.05, 3.63) is 53.0 Å². The Hall–Kier alpha value is -2.83. The molecule has 1 aromatic carbocycles. The quantitative estimate of drug-likeness (QED) is 0.503. The summed E-state index contributed by atoms with van der Waals surface area (Å²) in [5, 5.41) is 14.8. The van der Waals surface area contributed by atoms with Gasteiger partial charge in [0.05, 0.1) is 10.6 Å². The first-order valence-electron chi connectivity index (χ1n) is 5.15. The van der Waals surface area contributed by atoms with Crippen LogP contribution < -0.4 is 0 Å². The average Bonchev–Trinajstić information content (AvgIpc) is 2.87. The van der Waals surface area contributed by atoms with Crippen molar-refractivity contribution in [2.24, 2.45) is 0 Å². The van der Waals surface area contributed by atoms with Crippen LogP contribution in [0.1, 0.15) is 0 Å². The zero-order valence-electron chi connectivity index (χ0n) is 9.09. The second-order valence-corrected chi connectivity index (χ2v) is 3.61. The van der Waals surface area contributed by atoms with Crippen molar-refractivity contribution in [1.29, 1.82) is 0 Å². The highest BCUT2D eigenvalue weighted by Gasteiger charge is 2.10. The molecule has 0 aliphatic rings. The van der Waals surface area contributed by atoms with Gasteiger partial charge in [-0.3, -0.25) is 10.1 Å². The van der Waals surface area contributed by atoms with Crippen LogP contribution in [-0.2, 0) is 0 Å². The smallest absolute Gasteiger partial charge is 0.258 e. The zero-order chi connectivity index (χ0) is 12.5. The topological polar surface area (TPSA) is 86.2 Å². The molecule has 0 atom stereocenters. The molecule has 0 saturated heterocycles. The molecule has 0 aliphatic heterocycles. The van der Waals surface area contributed by atoms with Crippen molar-refractivity contribution in [3.63, 3.8) is 0 Å². The van der Waals surface area contributed by atoms with Gasteiger partial charge in [-0.25, -0.2) is 4.98 Å². The number of aromatic nitrogens is 4. The largest absolute Gasteiger partial charge is 0.270 e. The van der Waals surface area contributed by atoms with Crippen LogP contribution in [0.5, 0.6) is 0 Å². The standard InChI is InChI=1S/C11H7N5O2/c17-16(18)9-3-1-2-8(6-9)10-4-5-12-11-13-7-14-15(10)11/h1-7H. The van der Waals surface area contributed by atoms with Crippen molar-refractivity contribution in [3.8, 4) is 11.3 Å². The SMILES string of the molecule is O=[N+]([O-])c1cccc(-c2ccnc3ncnn23)c1. The molecule has 88 valence electrons. The Kier molecular flexibility index (Phi) is 2.23. The number of nitrogens with zero attached hydrogens (tertiary/aromatic N) is 5. The summed E-state index contributed by atoms with van der Waals surface area (Å²) in [6, 6.07) is 8.10. The summed E-state index contributed by atoms with van der Waals surface area (Å²) < 4.78 is 1.54. The molecule has 0 N–H and O–H groups in total. The van der Waals surface area contributed by atoms with Crippen LogP contribution in [-0.4, -0.2) is 24.5 Å². The van der Waals surface area contributed by atoms with E-state index in [0.717, 1.165) is 0 Å². The number of rotatable bonds is 2. The maximum Gasteiger partial charge on any atom is 0.270 e. The number of non-ortho nitro benzene ring substituents is 1. The molecule has 7 heteroatoms. The lowest BCUT2D eigenvalue weighted by Crippen LogP contribution is -1.96. The molecule has 0 saturated carbocycles. The summed E-state index contributed by atoms with van der Waals surface area (Å²) in [5.41, 5.74) is 1.45. The van der Waals surface area contributed by atoms with Gasteiger partial charge in [-0.15, -0.1) is 0 Å². The van der Waals surface area contributed by atoms with Crippen LogP contribution in [0.25, 0.3) is 17.0 Å². The minimum Gasteiger partial charge on any atom is -0.258 e. The van der Waals surface area contributed by atoms with E-state index in [9.17, 15) is 10.1 Å². The first-order valence-corrected chi connectivity index (χ1v) is 5.15. The number of nitro groups is 1. The fraction of sp³-hybridized carbons (Fsp3) is 0. The summed E-state index contributed by atoms with van der Waals surface area (Å²) in [6.07, 6.45) is 2.99. The van der Waals surface area contributed by atoms with Crippen LogP contribution in [0.15, 0.2) is 42.9 Å². The first kappa shape index (κ1) is 10.3. The summed E-state index contributed by atoms with van der Waals surface area (Å²) in [4.78, 5) is 18.3. The van der Waals surface area contributed by atoms with Gasteiger partial charge >= 0.3 is 0 Å². The third kappa shape index (κ3) is 1.58. The summed E-state index contributed by atoms with van der Waals surface area (Å²) in [5.74, 6) is 0.457. The lowest BCUT2D eigenvalue weighted by Gasteiger charge is -2.03. The van der Waals surface area contributed by atoms with Crippen LogP contribution in [0.3, 0.4) is 0 Å². The normalized spacial score (nSPS) is 10.7. The molecular weight excluding hydrogens is 234 g/mol. The molecule has 3 rings (SSSR count). The summed E-state index contributed by atoms with van der Waals surface area (Å²) in [7, 11) is 0. The Morgan fingerprint density at radius 2 is 2.11 bits per heavy atom. The minimum absolute atomic E-state index is 0.0394.